The van der Waals surface area contributed by atoms with E-state index < -0.39 is 0 Å². The zero-order valence-corrected chi connectivity index (χ0v) is 7.84. The molecule has 2 rings (SSSR count). The lowest BCUT2D eigenvalue weighted by molar-refractivity contribution is 0.209. The van der Waals surface area contributed by atoms with Crippen LogP contribution in [0.4, 0.5) is 4.79 Å². The van der Waals surface area contributed by atoms with Crippen molar-refractivity contribution in [2.45, 2.75) is 12.8 Å². The summed E-state index contributed by atoms with van der Waals surface area (Å²) in [4.78, 5) is 14.9. The molecular weight excluding hydrogens is 176 g/mol. The van der Waals surface area contributed by atoms with E-state index in [9.17, 15) is 4.79 Å². The van der Waals surface area contributed by atoms with Crippen molar-refractivity contribution in [1.82, 2.24) is 9.80 Å². The van der Waals surface area contributed by atoms with E-state index in [2.05, 4.69) is 0 Å². The van der Waals surface area contributed by atoms with Crippen LogP contribution in [0.1, 0.15) is 12.8 Å². The Bertz CT molecular complexity index is 283. The summed E-state index contributed by atoms with van der Waals surface area (Å²) in [6, 6.07) is -0.0515. The second-order valence-corrected chi connectivity index (χ2v) is 3.11. The lowest BCUT2D eigenvalue weighted by Crippen LogP contribution is -2.31. The number of urea groups is 1. The van der Waals surface area contributed by atoms with Crippen LogP contribution in [-0.4, -0.2) is 15.8 Å². The summed E-state index contributed by atoms with van der Waals surface area (Å²) < 4.78 is 0. The summed E-state index contributed by atoms with van der Waals surface area (Å²) >= 11 is 0. The van der Waals surface area contributed by atoms with E-state index in [4.69, 9.17) is 0 Å². The van der Waals surface area contributed by atoms with E-state index in [-0.39, 0.29) is 6.03 Å². The smallest absolute Gasteiger partial charge is 0.277 e. The average Bonchev–Trinajstić information content (AvgIpc) is 2.30. The molecule has 0 atom stereocenters. The molecule has 3 nitrogen and oxygen atoms in total. The van der Waals surface area contributed by atoms with Crippen molar-refractivity contribution in [2.24, 2.45) is 0 Å². The van der Waals surface area contributed by atoms with Crippen LogP contribution in [0.25, 0.3) is 0 Å². The fourth-order valence-corrected chi connectivity index (χ4v) is 1.34. The lowest BCUT2D eigenvalue weighted by atomic mass is 10.3. The molecule has 0 unspecified atom stereocenters. The molecule has 0 radical (unpaired) electrons. The topological polar surface area (TPSA) is 23.6 Å². The van der Waals surface area contributed by atoms with E-state index in [0.717, 1.165) is 12.8 Å². The van der Waals surface area contributed by atoms with Crippen LogP contribution in [0.15, 0.2) is 49.1 Å². The monoisotopic (exact) mass is 188 g/mol. The molecule has 0 aromatic rings. The number of rotatable bonds is 0. The molecule has 0 saturated carbocycles. The first-order valence-corrected chi connectivity index (χ1v) is 4.65. The second-order valence-electron chi connectivity index (χ2n) is 3.11. The van der Waals surface area contributed by atoms with Gasteiger partial charge in [-0.1, -0.05) is 24.3 Å². The van der Waals surface area contributed by atoms with Crippen LogP contribution in [0.3, 0.4) is 0 Å². The summed E-state index contributed by atoms with van der Waals surface area (Å²) in [7, 11) is 0. The number of allylic oxidation sites excluding steroid dienone is 4. The minimum atomic E-state index is -0.0515. The maximum atomic E-state index is 11.8. The summed E-state index contributed by atoms with van der Waals surface area (Å²) in [6.07, 6.45) is 16.8. The molecule has 72 valence electrons. The number of hydrogen-bond donors (Lipinski definition) is 0. The quantitative estimate of drug-likeness (QED) is 0.573. The van der Waals surface area contributed by atoms with Crippen LogP contribution in [0, 0.1) is 0 Å². The van der Waals surface area contributed by atoms with Gasteiger partial charge in [0.25, 0.3) is 0 Å². The van der Waals surface area contributed by atoms with Crippen LogP contribution in [-0.2, 0) is 0 Å². The van der Waals surface area contributed by atoms with Gasteiger partial charge in [0.05, 0.1) is 0 Å². The van der Waals surface area contributed by atoms with Crippen molar-refractivity contribution in [3.05, 3.63) is 49.1 Å². The zero-order valence-electron chi connectivity index (χ0n) is 7.84. The molecule has 0 saturated heterocycles. The molecule has 0 bridgehead atoms. The molecule has 0 aliphatic carbocycles. The van der Waals surface area contributed by atoms with Gasteiger partial charge in [0.1, 0.15) is 0 Å². The first-order valence-electron chi connectivity index (χ1n) is 4.65. The van der Waals surface area contributed by atoms with Gasteiger partial charge >= 0.3 is 6.03 Å². The number of carbonyl (C=O) groups excluding carboxylic acids is 1. The van der Waals surface area contributed by atoms with Crippen LogP contribution < -0.4 is 0 Å². The van der Waals surface area contributed by atoms with E-state index in [1.165, 1.54) is 0 Å². The lowest BCUT2D eigenvalue weighted by Gasteiger charge is -2.23. The van der Waals surface area contributed by atoms with E-state index in [1.807, 2.05) is 24.3 Å². The van der Waals surface area contributed by atoms with Gasteiger partial charge in [-0.05, 0) is 12.8 Å². The molecule has 2 amide bonds. The van der Waals surface area contributed by atoms with Crippen LogP contribution >= 0.6 is 0 Å². The molecular formula is C11H12N2O. The normalized spacial score (nSPS) is 19.1. The van der Waals surface area contributed by atoms with E-state index >= 15 is 0 Å². The van der Waals surface area contributed by atoms with E-state index in [1.54, 1.807) is 34.6 Å². The Morgan fingerprint density at radius 1 is 0.786 bits per heavy atom. The summed E-state index contributed by atoms with van der Waals surface area (Å²) in [6.45, 7) is 0. The fraction of sp³-hybridized carbons (Fsp3) is 0.182. The van der Waals surface area contributed by atoms with E-state index in [0.29, 0.717) is 0 Å². The molecule has 0 aromatic heterocycles. The van der Waals surface area contributed by atoms with Gasteiger partial charge < -0.3 is 0 Å². The highest BCUT2D eigenvalue weighted by atomic mass is 16.2. The van der Waals surface area contributed by atoms with Crippen molar-refractivity contribution in [3.63, 3.8) is 0 Å². The van der Waals surface area contributed by atoms with Crippen molar-refractivity contribution in [2.75, 3.05) is 0 Å². The Morgan fingerprint density at radius 2 is 1.14 bits per heavy atom. The highest BCUT2D eigenvalue weighted by molar-refractivity contribution is 5.79. The summed E-state index contributed by atoms with van der Waals surface area (Å²) in [5, 5.41) is 0. The predicted octanol–water partition coefficient (Wildman–Crippen LogP) is 2.57. The van der Waals surface area contributed by atoms with Crippen molar-refractivity contribution in [3.8, 4) is 0 Å². The third-order valence-electron chi connectivity index (χ3n) is 2.05. The SMILES string of the molecule is O=C(N1C=CCC=C1)N1C=CCC=C1. The van der Waals surface area contributed by atoms with Gasteiger partial charge in [-0.2, -0.15) is 0 Å². The van der Waals surface area contributed by atoms with Crippen molar-refractivity contribution >= 4 is 6.03 Å². The fourth-order valence-electron chi connectivity index (χ4n) is 1.34. The predicted molar refractivity (Wildman–Crippen MR) is 54.9 cm³/mol. The first-order chi connectivity index (χ1) is 6.88. The molecule has 0 aromatic carbocycles. The molecule has 2 aliphatic heterocycles. The van der Waals surface area contributed by atoms with Crippen molar-refractivity contribution in [1.29, 1.82) is 0 Å². The Balaban J connectivity index is 2.07. The number of carbonyl (C=O) groups is 1. The highest BCUT2D eigenvalue weighted by Crippen LogP contribution is 2.10. The number of hydrogen-bond acceptors (Lipinski definition) is 1. The van der Waals surface area contributed by atoms with Gasteiger partial charge in [-0.3, -0.25) is 9.80 Å². The molecule has 0 spiro atoms. The molecule has 2 heterocycles. The van der Waals surface area contributed by atoms with Crippen LogP contribution in [0.5, 0.6) is 0 Å². The first kappa shape index (κ1) is 8.81. The van der Waals surface area contributed by atoms with Gasteiger partial charge in [0.15, 0.2) is 0 Å². The molecule has 0 fully saturated rings. The molecule has 0 N–H and O–H groups in total. The van der Waals surface area contributed by atoms with Gasteiger partial charge in [0, 0.05) is 24.8 Å². The third kappa shape index (κ3) is 1.76. The molecule has 3 heteroatoms. The summed E-state index contributed by atoms with van der Waals surface area (Å²) in [5.74, 6) is 0. The van der Waals surface area contributed by atoms with Crippen LogP contribution in [0.2, 0.25) is 0 Å². The Kier molecular flexibility index (Phi) is 2.49. The average molecular weight is 188 g/mol. The largest absolute Gasteiger partial charge is 0.336 e. The maximum absolute atomic E-state index is 11.8. The second kappa shape index (κ2) is 3.96. The highest BCUT2D eigenvalue weighted by Gasteiger charge is 2.14. The minimum Gasteiger partial charge on any atom is -0.277 e. The molecule has 14 heavy (non-hydrogen) atoms. The standard InChI is InChI=1S/C11H12N2O/c14-11(12-7-3-1-4-8-12)13-9-5-2-6-10-13/h3-10H,1-2H2. The summed E-state index contributed by atoms with van der Waals surface area (Å²) in [5.41, 5.74) is 0. The van der Waals surface area contributed by atoms with Gasteiger partial charge in [0.2, 0.25) is 0 Å². The van der Waals surface area contributed by atoms with Gasteiger partial charge in [-0.15, -0.1) is 0 Å². The Hall–Kier alpha value is -1.77. The Morgan fingerprint density at radius 3 is 1.50 bits per heavy atom. The zero-order chi connectivity index (χ0) is 9.80. The number of amides is 2. The minimum absolute atomic E-state index is 0.0515. The maximum Gasteiger partial charge on any atom is 0.336 e. The third-order valence-corrected chi connectivity index (χ3v) is 2.05. The molecule has 2 aliphatic rings. The number of nitrogens with zero attached hydrogens (tertiary/aromatic N) is 2. The van der Waals surface area contributed by atoms with Gasteiger partial charge in [-0.25, -0.2) is 4.79 Å². The Labute approximate surface area is 83.3 Å². The van der Waals surface area contributed by atoms with Crippen molar-refractivity contribution < 1.29 is 4.79 Å².